The van der Waals surface area contributed by atoms with Crippen LogP contribution in [0.5, 0.6) is 11.6 Å². The molecule has 2 rings (SSSR count). The average Bonchev–Trinajstić information content (AvgIpc) is 2.46. The van der Waals surface area contributed by atoms with Gasteiger partial charge in [-0.1, -0.05) is 19.1 Å². The van der Waals surface area contributed by atoms with E-state index in [2.05, 4.69) is 15.3 Å². The molecule has 1 N–H and O–H groups in total. The van der Waals surface area contributed by atoms with Crippen molar-refractivity contribution in [1.82, 2.24) is 9.97 Å². The van der Waals surface area contributed by atoms with Crippen molar-refractivity contribution < 1.29 is 9.66 Å². The van der Waals surface area contributed by atoms with Crippen molar-refractivity contribution in [2.45, 2.75) is 13.3 Å². The van der Waals surface area contributed by atoms with Gasteiger partial charge >= 0.3 is 5.69 Å². The predicted octanol–water partition coefficient (Wildman–Crippen LogP) is 3.00. The van der Waals surface area contributed by atoms with E-state index in [4.69, 9.17) is 4.74 Å². The van der Waals surface area contributed by atoms with E-state index < -0.39 is 4.92 Å². The maximum atomic E-state index is 10.9. The lowest BCUT2D eigenvalue weighted by Gasteiger charge is -2.07. The molecular formula is C13H14N4O3. The second kappa shape index (κ2) is 6.46. The van der Waals surface area contributed by atoms with Gasteiger partial charge in [0.15, 0.2) is 0 Å². The van der Waals surface area contributed by atoms with Gasteiger partial charge in [-0.15, -0.1) is 0 Å². The van der Waals surface area contributed by atoms with Gasteiger partial charge < -0.3 is 10.1 Å². The second-order valence-corrected chi connectivity index (χ2v) is 4.00. The Bertz CT molecular complexity index is 604. The van der Waals surface area contributed by atoms with Gasteiger partial charge in [0.25, 0.3) is 0 Å². The number of ether oxygens (including phenoxy) is 1. The number of nitrogens with one attached hydrogen (secondary N) is 1. The fourth-order valence-electron chi connectivity index (χ4n) is 1.55. The molecule has 7 nitrogen and oxygen atoms in total. The van der Waals surface area contributed by atoms with E-state index in [1.165, 1.54) is 18.5 Å². The first-order valence-electron chi connectivity index (χ1n) is 6.18. The van der Waals surface area contributed by atoms with Crippen LogP contribution in [0.25, 0.3) is 0 Å². The number of benzene rings is 1. The van der Waals surface area contributed by atoms with Gasteiger partial charge in [-0.2, -0.15) is 0 Å². The number of hydrogen-bond donors (Lipinski definition) is 1. The molecule has 1 heterocycles. The third-order valence-corrected chi connectivity index (χ3v) is 2.47. The molecule has 0 unspecified atom stereocenters. The van der Waals surface area contributed by atoms with Crippen LogP contribution in [0, 0.1) is 10.1 Å². The number of nitrogens with zero attached hydrogens (tertiary/aromatic N) is 3. The minimum atomic E-state index is -0.493. The van der Waals surface area contributed by atoms with Gasteiger partial charge in [-0.3, -0.25) is 10.1 Å². The maximum absolute atomic E-state index is 10.9. The predicted molar refractivity (Wildman–Crippen MR) is 74.0 cm³/mol. The Morgan fingerprint density at radius 1 is 1.35 bits per heavy atom. The third-order valence-electron chi connectivity index (χ3n) is 2.47. The summed E-state index contributed by atoms with van der Waals surface area (Å²) in [6.45, 7) is 2.82. The molecule has 0 aliphatic rings. The summed E-state index contributed by atoms with van der Waals surface area (Å²) in [4.78, 5) is 18.4. The Morgan fingerprint density at radius 2 is 2.15 bits per heavy atom. The number of aromatic nitrogens is 2. The zero-order chi connectivity index (χ0) is 14.4. The van der Waals surface area contributed by atoms with Crippen molar-refractivity contribution in [2.75, 3.05) is 11.9 Å². The number of para-hydroxylation sites is 2. The van der Waals surface area contributed by atoms with Gasteiger partial charge in [0.1, 0.15) is 12.1 Å². The first kappa shape index (κ1) is 13.7. The Morgan fingerprint density at radius 3 is 2.90 bits per heavy atom. The molecule has 0 fully saturated rings. The zero-order valence-electron chi connectivity index (χ0n) is 10.9. The molecule has 0 radical (unpaired) electrons. The molecule has 1 aromatic heterocycles. The van der Waals surface area contributed by atoms with E-state index in [-0.39, 0.29) is 17.3 Å². The van der Waals surface area contributed by atoms with Crippen LogP contribution in [-0.2, 0) is 0 Å². The SMILES string of the molecule is CCCNc1cc(Oc2ccccc2[N+](=O)[O-])ncn1. The van der Waals surface area contributed by atoms with Crippen LogP contribution in [0.15, 0.2) is 36.7 Å². The Labute approximate surface area is 115 Å². The molecule has 0 spiro atoms. The van der Waals surface area contributed by atoms with Gasteiger partial charge in [0.05, 0.1) is 4.92 Å². The number of nitro benzene ring substituents is 1. The Kier molecular flexibility index (Phi) is 4.43. The largest absolute Gasteiger partial charge is 0.432 e. The summed E-state index contributed by atoms with van der Waals surface area (Å²) in [7, 11) is 0. The number of nitro groups is 1. The van der Waals surface area contributed by atoms with Crippen LogP contribution in [0.1, 0.15) is 13.3 Å². The molecule has 2 aromatic rings. The highest BCUT2D eigenvalue weighted by molar-refractivity contribution is 5.48. The fourth-order valence-corrected chi connectivity index (χ4v) is 1.55. The van der Waals surface area contributed by atoms with Gasteiger partial charge in [-0.25, -0.2) is 9.97 Å². The number of hydrogen-bond acceptors (Lipinski definition) is 6. The lowest BCUT2D eigenvalue weighted by molar-refractivity contribution is -0.385. The van der Waals surface area contributed by atoms with Crippen molar-refractivity contribution in [3.8, 4) is 11.6 Å². The lowest BCUT2D eigenvalue weighted by Crippen LogP contribution is -2.02. The number of anilines is 1. The van der Waals surface area contributed by atoms with E-state index >= 15 is 0 Å². The van der Waals surface area contributed by atoms with E-state index in [0.29, 0.717) is 5.82 Å². The summed E-state index contributed by atoms with van der Waals surface area (Å²) < 4.78 is 5.46. The normalized spacial score (nSPS) is 10.1. The van der Waals surface area contributed by atoms with Gasteiger partial charge in [0.2, 0.25) is 11.6 Å². The maximum Gasteiger partial charge on any atom is 0.311 e. The van der Waals surface area contributed by atoms with Crippen molar-refractivity contribution in [3.05, 3.63) is 46.8 Å². The van der Waals surface area contributed by atoms with E-state index in [0.717, 1.165) is 13.0 Å². The molecule has 7 heteroatoms. The molecule has 20 heavy (non-hydrogen) atoms. The molecule has 0 amide bonds. The lowest BCUT2D eigenvalue weighted by atomic mass is 10.3. The summed E-state index contributed by atoms with van der Waals surface area (Å²) in [5.41, 5.74) is -0.103. The summed E-state index contributed by atoms with van der Waals surface area (Å²) in [6.07, 6.45) is 2.31. The minimum absolute atomic E-state index is 0.103. The van der Waals surface area contributed by atoms with Gasteiger partial charge in [-0.05, 0) is 12.5 Å². The second-order valence-electron chi connectivity index (χ2n) is 4.00. The topological polar surface area (TPSA) is 90.2 Å². The molecule has 0 saturated carbocycles. The van der Waals surface area contributed by atoms with E-state index in [1.54, 1.807) is 18.2 Å². The Balaban J connectivity index is 2.20. The van der Waals surface area contributed by atoms with Crippen LogP contribution in [0.4, 0.5) is 11.5 Å². The summed E-state index contributed by atoms with van der Waals surface area (Å²) >= 11 is 0. The molecule has 0 bridgehead atoms. The third kappa shape index (κ3) is 3.41. The molecule has 0 atom stereocenters. The highest BCUT2D eigenvalue weighted by Crippen LogP contribution is 2.30. The molecule has 1 aromatic carbocycles. The van der Waals surface area contributed by atoms with Crippen LogP contribution < -0.4 is 10.1 Å². The summed E-state index contributed by atoms with van der Waals surface area (Å²) in [6, 6.07) is 7.76. The smallest absolute Gasteiger partial charge is 0.311 e. The first-order valence-corrected chi connectivity index (χ1v) is 6.18. The van der Waals surface area contributed by atoms with Crippen molar-refractivity contribution in [3.63, 3.8) is 0 Å². The monoisotopic (exact) mass is 274 g/mol. The van der Waals surface area contributed by atoms with Gasteiger partial charge in [0, 0.05) is 18.7 Å². The highest BCUT2D eigenvalue weighted by Gasteiger charge is 2.15. The van der Waals surface area contributed by atoms with Crippen molar-refractivity contribution >= 4 is 11.5 Å². The average molecular weight is 274 g/mol. The molecule has 0 aliphatic heterocycles. The first-order chi connectivity index (χ1) is 9.70. The van der Waals surface area contributed by atoms with Crippen molar-refractivity contribution in [1.29, 1.82) is 0 Å². The molecule has 0 saturated heterocycles. The van der Waals surface area contributed by atoms with Crippen molar-refractivity contribution in [2.24, 2.45) is 0 Å². The van der Waals surface area contributed by atoms with Crippen LogP contribution >= 0.6 is 0 Å². The summed E-state index contributed by atoms with van der Waals surface area (Å²) in [5.74, 6) is 1.03. The zero-order valence-corrected chi connectivity index (χ0v) is 10.9. The molecule has 104 valence electrons. The number of rotatable bonds is 6. The highest BCUT2D eigenvalue weighted by atomic mass is 16.6. The van der Waals surface area contributed by atoms with E-state index in [9.17, 15) is 10.1 Å². The van der Waals surface area contributed by atoms with Crippen LogP contribution in [-0.4, -0.2) is 21.4 Å². The fraction of sp³-hybridized carbons (Fsp3) is 0.231. The molecular weight excluding hydrogens is 260 g/mol. The van der Waals surface area contributed by atoms with Crippen LogP contribution in [0.2, 0.25) is 0 Å². The van der Waals surface area contributed by atoms with Crippen LogP contribution in [0.3, 0.4) is 0 Å². The Hall–Kier alpha value is -2.70. The van der Waals surface area contributed by atoms with E-state index in [1.807, 2.05) is 6.92 Å². The molecule has 0 aliphatic carbocycles. The quantitative estimate of drug-likeness (QED) is 0.643. The summed E-state index contributed by atoms with van der Waals surface area (Å²) in [5, 5.41) is 14.0. The standard InChI is InChI=1S/C13H14N4O3/c1-2-7-14-12-8-13(16-9-15-12)20-11-6-4-3-5-10(11)17(18)19/h3-6,8-9H,2,7H2,1H3,(H,14,15,16). The minimum Gasteiger partial charge on any atom is -0.432 e.